The molecule has 4 amide bonds. The van der Waals surface area contributed by atoms with E-state index in [0.717, 1.165) is 9.80 Å². The standard InChI is InChI=1S/C20H27N3O6S/c1-4-29-17-8-6-5-7-16(17)23-19(25)18(24)22(20(23)26)13-21(11-14(2)3)15-9-10-30(27,28)12-15/h5-8,14-15H,4,9-13H2,1-3H3. The van der Waals surface area contributed by atoms with Crippen molar-refractivity contribution >= 4 is 33.4 Å². The van der Waals surface area contributed by atoms with E-state index < -0.39 is 27.7 Å². The largest absolute Gasteiger partial charge is 0.492 e. The minimum Gasteiger partial charge on any atom is -0.492 e. The molecule has 2 aliphatic rings. The van der Waals surface area contributed by atoms with E-state index in [4.69, 9.17) is 4.74 Å². The second-order valence-electron chi connectivity index (χ2n) is 7.92. The predicted molar refractivity (Wildman–Crippen MR) is 111 cm³/mol. The van der Waals surface area contributed by atoms with Crippen LogP contribution < -0.4 is 9.64 Å². The molecule has 164 valence electrons. The highest BCUT2D eigenvalue weighted by molar-refractivity contribution is 7.91. The normalized spacial score (nSPS) is 21.4. The van der Waals surface area contributed by atoms with Gasteiger partial charge >= 0.3 is 17.8 Å². The molecule has 0 bridgehead atoms. The van der Waals surface area contributed by atoms with Gasteiger partial charge in [0.1, 0.15) is 5.75 Å². The highest BCUT2D eigenvalue weighted by Crippen LogP contribution is 2.32. The number of imide groups is 2. The molecular formula is C20H27N3O6S. The molecule has 0 spiro atoms. The fourth-order valence-corrected chi connectivity index (χ4v) is 5.56. The smallest absolute Gasteiger partial charge is 0.340 e. The summed E-state index contributed by atoms with van der Waals surface area (Å²) in [5.41, 5.74) is 0.212. The molecule has 1 unspecified atom stereocenters. The summed E-state index contributed by atoms with van der Waals surface area (Å²) in [6.45, 7) is 6.43. The number of rotatable bonds is 8. The van der Waals surface area contributed by atoms with Crippen LogP contribution in [0.5, 0.6) is 5.75 Å². The molecule has 30 heavy (non-hydrogen) atoms. The maximum atomic E-state index is 13.1. The maximum Gasteiger partial charge on any atom is 0.340 e. The number of hydrogen-bond acceptors (Lipinski definition) is 7. The highest BCUT2D eigenvalue weighted by Gasteiger charge is 2.47. The molecule has 0 saturated carbocycles. The second kappa shape index (κ2) is 8.73. The van der Waals surface area contributed by atoms with Crippen LogP contribution in [0.15, 0.2) is 24.3 Å². The molecule has 2 heterocycles. The van der Waals surface area contributed by atoms with Gasteiger partial charge in [-0.15, -0.1) is 0 Å². The van der Waals surface area contributed by atoms with Crippen molar-refractivity contribution in [1.82, 2.24) is 9.80 Å². The minimum absolute atomic E-state index is 0.0131. The van der Waals surface area contributed by atoms with Crippen molar-refractivity contribution in [3.05, 3.63) is 24.3 Å². The molecule has 2 aliphatic heterocycles. The molecule has 2 saturated heterocycles. The fourth-order valence-electron chi connectivity index (χ4n) is 3.80. The number of hydrogen-bond donors (Lipinski definition) is 0. The first-order valence-electron chi connectivity index (χ1n) is 10.0. The lowest BCUT2D eigenvalue weighted by atomic mass is 10.1. The number of urea groups is 1. The number of ether oxygens (including phenoxy) is 1. The van der Waals surface area contributed by atoms with Crippen molar-refractivity contribution < 1.29 is 27.5 Å². The molecule has 1 atom stereocenters. The first-order chi connectivity index (χ1) is 14.1. The van der Waals surface area contributed by atoms with E-state index in [1.165, 1.54) is 0 Å². The van der Waals surface area contributed by atoms with Crippen LogP contribution in [0, 0.1) is 5.92 Å². The molecule has 10 heteroatoms. The Labute approximate surface area is 176 Å². The lowest BCUT2D eigenvalue weighted by molar-refractivity contribution is -0.140. The number of carbonyl (C=O) groups excluding carboxylic acids is 3. The zero-order valence-corrected chi connectivity index (χ0v) is 18.2. The summed E-state index contributed by atoms with van der Waals surface area (Å²) in [7, 11) is -3.14. The summed E-state index contributed by atoms with van der Waals surface area (Å²) in [5, 5.41) is 0. The molecule has 2 fully saturated rings. The van der Waals surface area contributed by atoms with Crippen molar-refractivity contribution in [1.29, 1.82) is 0 Å². The highest BCUT2D eigenvalue weighted by atomic mass is 32.2. The summed E-state index contributed by atoms with van der Waals surface area (Å²) >= 11 is 0. The van der Waals surface area contributed by atoms with E-state index in [2.05, 4.69) is 0 Å². The third-order valence-electron chi connectivity index (χ3n) is 5.11. The Morgan fingerprint density at radius 3 is 2.47 bits per heavy atom. The zero-order chi connectivity index (χ0) is 22.1. The Hall–Kier alpha value is -2.46. The van der Waals surface area contributed by atoms with Crippen molar-refractivity contribution in [2.75, 3.05) is 36.2 Å². The Bertz CT molecular complexity index is 946. The van der Waals surface area contributed by atoms with Gasteiger partial charge < -0.3 is 4.74 Å². The maximum absolute atomic E-state index is 13.1. The van der Waals surface area contributed by atoms with Gasteiger partial charge in [0.15, 0.2) is 9.84 Å². The number of sulfone groups is 1. The first kappa shape index (κ1) is 22.2. The number of nitrogens with zero attached hydrogens (tertiary/aromatic N) is 3. The molecule has 0 N–H and O–H groups in total. The van der Waals surface area contributed by atoms with Crippen LogP contribution in [0.25, 0.3) is 0 Å². The second-order valence-corrected chi connectivity index (χ2v) is 10.1. The van der Waals surface area contributed by atoms with E-state index in [0.29, 0.717) is 25.3 Å². The van der Waals surface area contributed by atoms with E-state index >= 15 is 0 Å². The number of anilines is 1. The SMILES string of the molecule is CCOc1ccccc1N1C(=O)C(=O)N(CN(CC(C)C)C2CCS(=O)(=O)C2)C1=O. The summed E-state index contributed by atoms with van der Waals surface area (Å²) in [6.07, 6.45) is 0.441. The van der Waals surface area contributed by atoms with Crippen LogP contribution in [-0.4, -0.2) is 73.4 Å². The van der Waals surface area contributed by atoms with Crippen LogP contribution in [0.3, 0.4) is 0 Å². The third kappa shape index (κ3) is 4.49. The van der Waals surface area contributed by atoms with Crippen molar-refractivity contribution in [2.24, 2.45) is 5.92 Å². The van der Waals surface area contributed by atoms with Crippen LogP contribution in [-0.2, 0) is 19.4 Å². The molecule has 3 rings (SSSR count). The Morgan fingerprint density at radius 1 is 1.17 bits per heavy atom. The number of benzene rings is 1. The summed E-state index contributed by atoms with van der Waals surface area (Å²) in [4.78, 5) is 41.9. The Balaban J connectivity index is 1.86. The lowest BCUT2D eigenvalue weighted by Crippen LogP contribution is -2.48. The van der Waals surface area contributed by atoms with Crippen LogP contribution in [0.1, 0.15) is 27.2 Å². The third-order valence-corrected chi connectivity index (χ3v) is 6.86. The minimum atomic E-state index is -3.14. The summed E-state index contributed by atoms with van der Waals surface area (Å²) in [6, 6.07) is 5.49. The average Bonchev–Trinajstić information content (AvgIpc) is 3.14. The molecule has 0 aromatic heterocycles. The van der Waals surface area contributed by atoms with E-state index in [-0.39, 0.29) is 35.8 Å². The molecule has 0 aliphatic carbocycles. The van der Waals surface area contributed by atoms with Gasteiger partial charge in [0, 0.05) is 12.6 Å². The van der Waals surface area contributed by atoms with Crippen molar-refractivity contribution in [3.8, 4) is 5.75 Å². The molecule has 9 nitrogen and oxygen atoms in total. The van der Waals surface area contributed by atoms with Gasteiger partial charge in [-0.1, -0.05) is 26.0 Å². The number of carbonyl (C=O) groups is 3. The van der Waals surface area contributed by atoms with Gasteiger partial charge in [0.2, 0.25) is 0 Å². The zero-order valence-electron chi connectivity index (χ0n) is 17.4. The van der Waals surface area contributed by atoms with E-state index in [9.17, 15) is 22.8 Å². The molecule has 0 radical (unpaired) electrons. The van der Waals surface area contributed by atoms with Crippen molar-refractivity contribution in [3.63, 3.8) is 0 Å². The lowest BCUT2D eigenvalue weighted by Gasteiger charge is -2.32. The molecule has 1 aromatic rings. The number of para-hydroxylation sites is 2. The fraction of sp³-hybridized carbons (Fsp3) is 0.550. The topological polar surface area (TPSA) is 104 Å². The number of amides is 4. The van der Waals surface area contributed by atoms with Gasteiger partial charge in [-0.25, -0.2) is 23.0 Å². The quantitative estimate of drug-likeness (QED) is 0.448. The Kier molecular flexibility index (Phi) is 6.47. The van der Waals surface area contributed by atoms with Gasteiger partial charge in [-0.05, 0) is 31.4 Å². The van der Waals surface area contributed by atoms with E-state index in [1.54, 1.807) is 31.2 Å². The van der Waals surface area contributed by atoms with Crippen molar-refractivity contribution in [2.45, 2.75) is 33.2 Å². The van der Waals surface area contributed by atoms with Gasteiger partial charge in [0.05, 0.1) is 30.5 Å². The van der Waals surface area contributed by atoms with Crippen LogP contribution >= 0.6 is 0 Å². The molecule has 1 aromatic carbocycles. The van der Waals surface area contributed by atoms with Crippen LogP contribution in [0.2, 0.25) is 0 Å². The van der Waals surface area contributed by atoms with Gasteiger partial charge in [-0.2, -0.15) is 0 Å². The first-order valence-corrected chi connectivity index (χ1v) is 11.8. The predicted octanol–water partition coefficient (Wildman–Crippen LogP) is 1.48. The summed E-state index contributed by atoms with van der Waals surface area (Å²) in [5.74, 6) is -1.29. The van der Waals surface area contributed by atoms with Crippen LogP contribution in [0.4, 0.5) is 10.5 Å². The summed E-state index contributed by atoms with van der Waals surface area (Å²) < 4.78 is 29.4. The van der Waals surface area contributed by atoms with Gasteiger partial charge in [-0.3, -0.25) is 14.5 Å². The average molecular weight is 438 g/mol. The van der Waals surface area contributed by atoms with Gasteiger partial charge in [0.25, 0.3) is 0 Å². The van der Waals surface area contributed by atoms with E-state index in [1.807, 2.05) is 18.7 Å². The molecular weight excluding hydrogens is 410 g/mol. The monoisotopic (exact) mass is 437 g/mol. The Morgan fingerprint density at radius 2 is 1.87 bits per heavy atom.